The van der Waals surface area contributed by atoms with Crippen LogP contribution in [0.25, 0.3) is 44.3 Å². The van der Waals surface area contributed by atoms with Gasteiger partial charge in [-0.2, -0.15) is 5.10 Å². The first-order valence-electron chi connectivity index (χ1n) is 9.90. The molecule has 0 bridgehead atoms. The number of hydrogen-bond donors (Lipinski definition) is 0. The van der Waals surface area contributed by atoms with Crippen LogP contribution < -0.4 is 5.56 Å². The van der Waals surface area contributed by atoms with Gasteiger partial charge in [0.1, 0.15) is 5.65 Å². The summed E-state index contributed by atoms with van der Waals surface area (Å²) in [5.41, 5.74) is 5.84. The van der Waals surface area contributed by atoms with E-state index in [0.29, 0.717) is 5.56 Å². The maximum atomic E-state index is 13.2. The monoisotopic (exact) mass is 460 g/mol. The van der Waals surface area contributed by atoms with Gasteiger partial charge in [-0.1, -0.05) is 34.1 Å². The van der Waals surface area contributed by atoms with Gasteiger partial charge in [-0.15, -0.1) is 0 Å². The summed E-state index contributed by atoms with van der Waals surface area (Å²) in [7, 11) is 3.86. The number of halogens is 1. The van der Waals surface area contributed by atoms with Crippen molar-refractivity contribution >= 4 is 37.9 Å². The van der Waals surface area contributed by atoms with E-state index in [0.717, 1.165) is 49.8 Å². The van der Waals surface area contributed by atoms with Gasteiger partial charge in [-0.05, 0) is 48.9 Å². The SMILES string of the molecule is CCn1nccc1-c1ccc2c(c1)c1cc(-c3ccc(Br)cc3)c(=O)n(C)c1n2C. The topological polar surface area (TPSA) is 44.8 Å². The lowest BCUT2D eigenvalue weighted by Gasteiger charge is -2.08. The normalized spacial score (nSPS) is 11.6. The molecule has 0 aliphatic carbocycles. The molecular formula is C24H21BrN4O. The number of hydrogen-bond acceptors (Lipinski definition) is 2. The van der Waals surface area contributed by atoms with Crippen LogP contribution in [0.2, 0.25) is 0 Å². The average Bonchev–Trinajstić information content (AvgIpc) is 3.34. The minimum atomic E-state index is 0.0000106. The van der Waals surface area contributed by atoms with Crippen LogP contribution in [0.3, 0.4) is 0 Å². The lowest BCUT2D eigenvalue weighted by Crippen LogP contribution is -2.20. The molecule has 0 amide bonds. The highest BCUT2D eigenvalue weighted by Gasteiger charge is 2.17. The molecule has 150 valence electrons. The Morgan fingerprint density at radius 1 is 0.900 bits per heavy atom. The van der Waals surface area contributed by atoms with Gasteiger partial charge in [-0.25, -0.2) is 0 Å². The number of nitrogens with zero attached hydrogens (tertiary/aromatic N) is 4. The van der Waals surface area contributed by atoms with E-state index in [9.17, 15) is 4.79 Å². The van der Waals surface area contributed by atoms with Crippen LogP contribution in [0.15, 0.2) is 70.1 Å². The van der Waals surface area contributed by atoms with Crippen molar-refractivity contribution in [2.24, 2.45) is 14.1 Å². The predicted octanol–water partition coefficient (Wildman–Crippen LogP) is 5.34. The first kappa shape index (κ1) is 18.9. The van der Waals surface area contributed by atoms with Crippen LogP contribution in [-0.4, -0.2) is 18.9 Å². The molecule has 6 heteroatoms. The highest BCUT2D eigenvalue weighted by molar-refractivity contribution is 9.10. The molecular weight excluding hydrogens is 440 g/mol. The number of benzene rings is 2. The van der Waals surface area contributed by atoms with Crippen LogP contribution >= 0.6 is 15.9 Å². The highest BCUT2D eigenvalue weighted by Crippen LogP contribution is 2.33. The van der Waals surface area contributed by atoms with Gasteiger partial charge >= 0.3 is 0 Å². The molecule has 3 heterocycles. The van der Waals surface area contributed by atoms with E-state index < -0.39 is 0 Å². The van der Waals surface area contributed by atoms with E-state index in [1.807, 2.05) is 61.4 Å². The van der Waals surface area contributed by atoms with E-state index in [1.165, 1.54) is 0 Å². The minimum absolute atomic E-state index is 0.0000106. The zero-order valence-electron chi connectivity index (χ0n) is 17.1. The summed E-state index contributed by atoms with van der Waals surface area (Å²) in [6.07, 6.45) is 1.83. The smallest absolute Gasteiger partial charge is 0.259 e. The van der Waals surface area contributed by atoms with Gasteiger partial charge in [0.05, 0.1) is 11.2 Å². The molecule has 0 spiro atoms. The molecule has 2 aromatic carbocycles. The molecule has 0 radical (unpaired) electrons. The summed E-state index contributed by atoms with van der Waals surface area (Å²) < 4.78 is 6.84. The number of aryl methyl sites for hydroxylation is 3. The fourth-order valence-corrected chi connectivity index (χ4v) is 4.58. The van der Waals surface area contributed by atoms with Crippen molar-refractivity contribution in [1.82, 2.24) is 18.9 Å². The van der Waals surface area contributed by atoms with E-state index >= 15 is 0 Å². The Bertz CT molecular complexity index is 1470. The molecule has 0 unspecified atom stereocenters. The largest absolute Gasteiger partial charge is 0.330 e. The fraction of sp³-hybridized carbons (Fsp3) is 0.167. The Hall–Kier alpha value is -3.12. The lowest BCUT2D eigenvalue weighted by atomic mass is 10.0. The summed E-state index contributed by atoms with van der Waals surface area (Å²) in [5.74, 6) is 0. The van der Waals surface area contributed by atoms with Crippen molar-refractivity contribution in [2.75, 3.05) is 0 Å². The second kappa shape index (κ2) is 6.99. The van der Waals surface area contributed by atoms with Gasteiger partial charge in [0, 0.05) is 53.2 Å². The van der Waals surface area contributed by atoms with Gasteiger partial charge < -0.3 is 4.57 Å². The third kappa shape index (κ3) is 2.75. The Kier molecular flexibility index (Phi) is 4.40. The van der Waals surface area contributed by atoms with E-state index in [4.69, 9.17) is 0 Å². The van der Waals surface area contributed by atoms with Crippen LogP contribution in [0.1, 0.15) is 6.92 Å². The molecule has 0 aliphatic heterocycles. The molecule has 0 saturated carbocycles. The van der Waals surface area contributed by atoms with E-state index in [2.05, 4.69) is 50.7 Å². The van der Waals surface area contributed by atoms with Crippen LogP contribution in [-0.2, 0) is 20.6 Å². The summed E-state index contributed by atoms with van der Waals surface area (Å²) in [6.45, 7) is 2.91. The van der Waals surface area contributed by atoms with Crippen LogP contribution in [0.5, 0.6) is 0 Å². The Morgan fingerprint density at radius 3 is 2.37 bits per heavy atom. The molecule has 30 heavy (non-hydrogen) atoms. The number of rotatable bonds is 3. The fourth-order valence-electron chi connectivity index (χ4n) is 4.32. The molecule has 0 aliphatic rings. The highest BCUT2D eigenvalue weighted by atomic mass is 79.9. The average molecular weight is 461 g/mol. The maximum Gasteiger partial charge on any atom is 0.259 e. The van der Waals surface area contributed by atoms with Crippen molar-refractivity contribution in [1.29, 1.82) is 0 Å². The summed E-state index contributed by atoms with van der Waals surface area (Å²) >= 11 is 3.47. The first-order chi connectivity index (χ1) is 14.5. The summed E-state index contributed by atoms with van der Waals surface area (Å²) in [5, 5.41) is 6.60. The molecule has 0 N–H and O–H groups in total. The molecule has 3 aromatic heterocycles. The van der Waals surface area contributed by atoms with E-state index in [-0.39, 0.29) is 5.56 Å². The van der Waals surface area contributed by atoms with Gasteiger partial charge in [0.15, 0.2) is 0 Å². The predicted molar refractivity (Wildman–Crippen MR) is 126 cm³/mol. The summed E-state index contributed by atoms with van der Waals surface area (Å²) in [6, 6.07) is 18.4. The van der Waals surface area contributed by atoms with Gasteiger partial charge in [0.25, 0.3) is 5.56 Å². The molecule has 0 saturated heterocycles. The third-order valence-electron chi connectivity index (χ3n) is 5.82. The minimum Gasteiger partial charge on any atom is -0.330 e. The molecule has 5 nitrogen and oxygen atoms in total. The van der Waals surface area contributed by atoms with Crippen LogP contribution in [0, 0.1) is 0 Å². The van der Waals surface area contributed by atoms with Crippen molar-refractivity contribution < 1.29 is 0 Å². The van der Waals surface area contributed by atoms with Crippen molar-refractivity contribution in [3.05, 3.63) is 75.6 Å². The quantitative estimate of drug-likeness (QED) is 0.364. The number of fused-ring (bicyclic) bond motifs is 3. The lowest BCUT2D eigenvalue weighted by molar-refractivity contribution is 0.667. The molecule has 0 fully saturated rings. The Morgan fingerprint density at radius 2 is 1.63 bits per heavy atom. The number of pyridine rings is 1. The van der Waals surface area contributed by atoms with E-state index in [1.54, 1.807) is 4.57 Å². The maximum absolute atomic E-state index is 13.2. The van der Waals surface area contributed by atoms with Gasteiger partial charge in [-0.3, -0.25) is 14.0 Å². The zero-order chi connectivity index (χ0) is 21.0. The van der Waals surface area contributed by atoms with Gasteiger partial charge in [0.2, 0.25) is 0 Å². The Balaban J connectivity index is 1.83. The summed E-state index contributed by atoms with van der Waals surface area (Å²) in [4.78, 5) is 13.2. The zero-order valence-corrected chi connectivity index (χ0v) is 18.6. The molecule has 5 rings (SSSR count). The Labute approximate surface area is 182 Å². The van der Waals surface area contributed by atoms with Crippen LogP contribution in [0.4, 0.5) is 0 Å². The third-order valence-corrected chi connectivity index (χ3v) is 6.34. The first-order valence-corrected chi connectivity index (χ1v) is 10.7. The van der Waals surface area contributed by atoms with Crippen molar-refractivity contribution in [3.63, 3.8) is 0 Å². The standard InChI is InChI=1S/C24H21BrN4O/c1-4-29-21(11-12-26-29)16-7-10-22-19(13-16)20-14-18(15-5-8-17(25)9-6-15)24(30)28(3)23(20)27(22)2/h5-14H,4H2,1-3H3. The van der Waals surface area contributed by atoms with Crippen molar-refractivity contribution in [3.8, 4) is 22.4 Å². The molecule has 0 atom stereocenters. The second-order valence-electron chi connectivity index (χ2n) is 7.49. The molecule has 5 aromatic rings. The number of aromatic nitrogens is 4. The van der Waals surface area contributed by atoms with Crippen molar-refractivity contribution in [2.45, 2.75) is 13.5 Å². The second-order valence-corrected chi connectivity index (χ2v) is 8.41.